The fraction of sp³-hybridized carbons (Fsp3) is 0.412. The molecule has 25 heavy (non-hydrogen) atoms. The number of halogens is 2. The van der Waals surface area contributed by atoms with Gasteiger partial charge in [0.05, 0.1) is 18.8 Å². The number of ether oxygens (including phenoxy) is 2. The summed E-state index contributed by atoms with van der Waals surface area (Å²) in [7, 11) is 0. The molecule has 8 heteroatoms. The minimum Gasteiger partial charge on any atom is -0.478 e. The lowest BCUT2D eigenvalue weighted by molar-refractivity contribution is -0.0507. The van der Waals surface area contributed by atoms with E-state index in [9.17, 15) is 13.6 Å². The highest BCUT2D eigenvalue weighted by atomic mass is 19.3. The molecule has 3 rings (SSSR count). The topological polar surface area (TPSA) is 65.4 Å². The number of nitrogens with zero attached hydrogens (tertiary/aromatic N) is 2. The molecule has 0 fully saturated rings. The predicted octanol–water partition coefficient (Wildman–Crippen LogP) is 2.81. The van der Waals surface area contributed by atoms with Crippen LogP contribution in [-0.4, -0.2) is 28.9 Å². The van der Waals surface area contributed by atoms with Gasteiger partial charge in [-0.25, -0.2) is 4.68 Å². The van der Waals surface area contributed by atoms with Gasteiger partial charge in [0.1, 0.15) is 5.75 Å². The Hall–Kier alpha value is -2.64. The molecule has 2 heterocycles. The predicted molar refractivity (Wildman–Crippen MR) is 86.1 cm³/mol. The summed E-state index contributed by atoms with van der Waals surface area (Å²) in [4.78, 5) is 12.3. The highest BCUT2D eigenvalue weighted by Crippen LogP contribution is 2.26. The zero-order chi connectivity index (χ0) is 18.0. The number of hydrogen-bond acceptors (Lipinski definition) is 4. The number of fused-ring (bicyclic) bond motifs is 1. The maximum Gasteiger partial charge on any atom is 0.387 e. The standard InChI is InChI=1S/C17H19F2N3O3/c1-10-6-12(7-11(2)15(10)25-17(18)19)16(23)20-9-13-8-14-22(21-13)4-3-5-24-14/h6-8,17H,3-5,9H2,1-2H3,(H,20,23). The molecular weight excluding hydrogens is 332 g/mol. The average molecular weight is 351 g/mol. The van der Waals surface area contributed by atoms with E-state index in [1.807, 2.05) is 0 Å². The van der Waals surface area contributed by atoms with Gasteiger partial charge in [0.25, 0.3) is 5.91 Å². The number of aryl methyl sites for hydroxylation is 3. The van der Waals surface area contributed by atoms with Crippen molar-refractivity contribution in [1.29, 1.82) is 0 Å². The molecule has 0 aliphatic carbocycles. The van der Waals surface area contributed by atoms with Crippen LogP contribution in [0.2, 0.25) is 0 Å². The van der Waals surface area contributed by atoms with Crippen molar-refractivity contribution in [2.45, 2.75) is 40.0 Å². The first-order valence-corrected chi connectivity index (χ1v) is 7.98. The van der Waals surface area contributed by atoms with Crippen LogP contribution in [0.1, 0.15) is 33.6 Å². The molecule has 0 saturated carbocycles. The Bertz CT molecular complexity index is 743. The highest BCUT2D eigenvalue weighted by molar-refractivity contribution is 5.94. The summed E-state index contributed by atoms with van der Waals surface area (Å²) in [5.74, 6) is 0.503. The second-order valence-corrected chi connectivity index (χ2v) is 5.90. The minimum absolute atomic E-state index is 0.102. The number of amides is 1. The van der Waals surface area contributed by atoms with Gasteiger partial charge in [-0.1, -0.05) is 0 Å². The molecular formula is C17H19F2N3O3. The lowest BCUT2D eigenvalue weighted by Gasteiger charge is -2.13. The van der Waals surface area contributed by atoms with Gasteiger partial charge in [0.15, 0.2) is 0 Å². The van der Waals surface area contributed by atoms with E-state index in [1.165, 1.54) is 12.1 Å². The molecule has 2 aromatic rings. The molecule has 1 amide bonds. The third-order valence-electron chi connectivity index (χ3n) is 3.92. The summed E-state index contributed by atoms with van der Waals surface area (Å²) in [5, 5.41) is 7.15. The van der Waals surface area contributed by atoms with Gasteiger partial charge in [-0.05, 0) is 37.1 Å². The first-order valence-electron chi connectivity index (χ1n) is 7.98. The van der Waals surface area contributed by atoms with Crippen LogP contribution >= 0.6 is 0 Å². The molecule has 0 spiro atoms. The van der Waals surface area contributed by atoms with Gasteiger partial charge < -0.3 is 14.8 Å². The largest absolute Gasteiger partial charge is 0.478 e. The second-order valence-electron chi connectivity index (χ2n) is 5.90. The first-order chi connectivity index (χ1) is 11.9. The van der Waals surface area contributed by atoms with Crippen molar-refractivity contribution in [2.24, 2.45) is 0 Å². The molecule has 1 aromatic heterocycles. The number of nitrogens with one attached hydrogen (secondary N) is 1. The van der Waals surface area contributed by atoms with Crippen LogP contribution in [0, 0.1) is 13.8 Å². The van der Waals surface area contributed by atoms with Gasteiger partial charge in [0.2, 0.25) is 5.88 Å². The number of benzene rings is 1. The fourth-order valence-corrected chi connectivity index (χ4v) is 2.83. The van der Waals surface area contributed by atoms with Crippen LogP contribution in [0.4, 0.5) is 8.78 Å². The van der Waals surface area contributed by atoms with Crippen molar-refractivity contribution >= 4 is 5.91 Å². The quantitative estimate of drug-likeness (QED) is 0.900. The molecule has 0 atom stereocenters. The summed E-state index contributed by atoms with van der Waals surface area (Å²) in [6.07, 6.45) is 0.909. The van der Waals surface area contributed by atoms with E-state index in [2.05, 4.69) is 15.2 Å². The minimum atomic E-state index is -2.90. The first kappa shape index (κ1) is 17.2. The summed E-state index contributed by atoms with van der Waals surface area (Å²) < 4.78 is 36.6. The number of carbonyl (C=O) groups is 1. The molecule has 1 N–H and O–H groups in total. The van der Waals surface area contributed by atoms with Crippen LogP contribution in [0.5, 0.6) is 11.6 Å². The number of alkyl halides is 2. The highest BCUT2D eigenvalue weighted by Gasteiger charge is 2.16. The Labute approximate surface area is 143 Å². The van der Waals surface area contributed by atoms with E-state index in [-0.39, 0.29) is 18.2 Å². The Morgan fingerprint density at radius 1 is 1.36 bits per heavy atom. The Balaban J connectivity index is 1.68. The molecule has 134 valence electrons. The van der Waals surface area contributed by atoms with Crippen LogP contribution in [-0.2, 0) is 13.1 Å². The van der Waals surface area contributed by atoms with E-state index >= 15 is 0 Å². The summed E-state index contributed by atoms with van der Waals surface area (Å²) in [6, 6.07) is 4.86. The Morgan fingerprint density at radius 3 is 2.72 bits per heavy atom. The van der Waals surface area contributed by atoms with Crippen LogP contribution in [0.15, 0.2) is 18.2 Å². The summed E-state index contributed by atoms with van der Waals surface area (Å²) in [6.45, 7) is 2.09. The average Bonchev–Trinajstić information content (AvgIpc) is 2.98. The van der Waals surface area contributed by atoms with Gasteiger partial charge >= 0.3 is 6.61 Å². The lowest BCUT2D eigenvalue weighted by atomic mass is 10.1. The van der Waals surface area contributed by atoms with Crippen molar-refractivity contribution in [3.63, 3.8) is 0 Å². The summed E-state index contributed by atoms with van der Waals surface area (Å²) in [5.41, 5.74) is 2.06. The number of rotatable bonds is 5. The normalized spacial score (nSPS) is 13.3. The van der Waals surface area contributed by atoms with Crippen molar-refractivity contribution in [1.82, 2.24) is 15.1 Å². The molecule has 0 radical (unpaired) electrons. The van der Waals surface area contributed by atoms with E-state index in [0.717, 1.165) is 13.0 Å². The number of hydrogen-bond donors (Lipinski definition) is 1. The van der Waals surface area contributed by atoms with Crippen LogP contribution in [0.3, 0.4) is 0 Å². The maximum absolute atomic E-state index is 12.4. The fourth-order valence-electron chi connectivity index (χ4n) is 2.83. The molecule has 1 aromatic carbocycles. The van der Waals surface area contributed by atoms with Crippen LogP contribution in [0.25, 0.3) is 0 Å². The third-order valence-corrected chi connectivity index (χ3v) is 3.92. The summed E-state index contributed by atoms with van der Waals surface area (Å²) >= 11 is 0. The smallest absolute Gasteiger partial charge is 0.387 e. The maximum atomic E-state index is 12.4. The number of aromatic nitrogens is 2. The van der Waals surface area contributed by atoms with Gasteiger partial charge in [-0.3, -0.25) is 4.79 Å². The van der Waals surface area contributed by atoms with E-state index < -0.39 is 6.61 Å². The van der Waals surface area contributed by atoms with Crippen molar-refractivity contribution in [2.75, 3.05) is 6.61 Å². The SMILES string of the molecule is Cc1cc(C(=O)NCc2cc3n(n2)CCCO3)cc(C)c1OC(F)F. The Kier molecular flexibility index (Phi) is 4.87. The van der Waals surface area contributed by atoms with E-state index in [4.69, 9.17) is 4.74 Å². The Morgan fingerprint density at radius 2 is 2.08 bits per heavy atom. The molecule has 0 unspecified atom stereocenters. The van der Waals surface area contributed by atoms with E-state index in [1.54, 1.807) is 24.6 Å². The molecule has 6 nitrogen and oxygen atoms in total. The van der Waals surface area contributed by atoms with Gasteiger partial charge in [-0.2, -0.15) is 13.9 Å². The molecule has 0 saturated heterocycles. The molecule has 1 aliphatic rings. The van der Waals surface area contributed by atoms with Gasteiger partial charge in [-0.15, -0.1) is 0 Å². The lowest BCUT2D eigenvalue weighted by Crippen LogP contribution is -2.23. The van der Waals surface area contributed by atoms with Crippen molar-refractivity contribution in [3.05, 3.63) is 40.6 Å². The molecule has 1 aliphatic heterocycles. The monoisotopic (exact) mass is 351 g/mol. The van der Waals surface area contributed by atoms with Crippen molar-refractivity contribution in [3.8, 4) is 11.6 Å². The second kappa shape index (κ2) is 7.08. The zero-order valence-electron chi connectivity index (χ0n) is 14.0. The van der Waals surface area contributed by atoms with E-state index in [0.29, 0.717) is 34.9 Å². The third kappa shape index (κ3) is 3.89. The van der Waals surface area contributed by atoms with Crippen molar-refractivity contribution < 1.29 is 23.0 Å². The van der Waals surface area contributed by atoms with Gasteiger partial charge in [0, 0.05) is 24.6 Å². The molecule has 0 bridgehead atoms. The van der Waals surface area contributed by atoms with Crippen LogP contribution < -0.4 is 14.8 Å². The zero-order valence-corrected chi connectivity index (χ0v) is 14.0. The number of carbonyl (C=O) groups excluding carboxylic acids is 1.